The molecule has 0 unspecified atom stereocenters. The van der Waals surface area contributed by atoms with Gasteiger partial charge in [-0.3, -0.25) is 14.6 Å². The Morgan fingerprint density at radius 2 is 1.79 bits per heavy atom. The van der Waals surface area contributed by atoms with Crippen molar-refractivity contribution in [3.05, 3.63) is 58.0 Å². The van der Waals surface area contributed by atoms with Gasteiger partial charge in [0.1, 0.15) is 5.82 Å². The molecule has 128 valence electrons. The summed E-state index contributed by atoms with van der Waals surface area (Å²) in [4.78, 5) is 17.7. The van der Waals surface area contributed by atoms with Crippen LogP contribution >= 0.6 is 11.3 Å². The Morgan fingerprint density at radius 1 is 1.08 bits per heavy atom. The number of rotatable bonds is 6. The van der Waals surface area contributed by atoms with Gasteiger partial charge < -0.3 is 5.32 Å². The first-order valence-electron chi connectivity index (χ1n) is 8.17. The lowest BCUT2D eigenvalue weighted by molar-refractivity contribution is -0.122. The van der Waals surface area contributed by atoms with Crippen LogP contribution in [0.2, 0.25) is 0 Å². The molecule has 1 amide bonds. The van der Waals surface area contributed by atoms with Gasteiger partial charge >= 0.3 is 0 Å². The molecule has 0 radical (unpaired) electrons. The Balaban J connectivity index is 1.37. The lowest BCUT2D eigenvalue weighted by Gasteiger charge is -2.34. The predicted octanol–water partition coefficient (Wildman–Crippen LogP) is 2.32. The van der Waals surface area contributed by atoms with Crippen LogP contribution in [-0.2, 0) is 17.9 Å². The molecule has 2 aromatic rings. The number of amides is 1. The number of thiophene rings is 1. The fourth-order valence-corrected chi connectivity index (χ4v) is 3.46. The Kier molecular flexibility index (Phi) is 5.96. The van der Waals surface area contributed by atoms with Crippen molar-refractivity contribution >= 4 is 17.2 Å². The van der Waals surface area contributed by atoms with Crippen molar-refractivity contribution in [3.63, 3.8) is 0 Å². The topological polar surface area (TPSA) is 35.6 Å². The van der Waals surface area contributed by atoms with Crippen molar-refractivity contribution in [2.75, 3.05) is 32.7 Å². The summed E-state index contributed by atoms with van der Waals surface area (Å²) in [5.41, 5.74) is 1.12. The van der Waals surface area contributed by atoms with E-state index in [1.165, 1.54) is 17.0 Å². The quantitative estimate of drug-likeness (QED) is 0.871. The highest BCUT2D eigenvalue weighted by Crippen LogP contribution is 2.10. The summed E-state index contributed by atoms with van der Waals surface area (Å²) in [6.07, 6.45) is 0. The smallest absolute Gasteiger partial charge is 0.234 e. The van der Waals surface area contributed by atoms with Crippen molar-refractivity contribution in [2.45, 2.75) is 13.1 Å². The number of halogens is 1. The number of piperazine rings is 1. The summed E-state index contributed by atoms with van der Waals surface area (Å²) < 4.78 is 12.9. The molecule has 24 heavy (non-hydrogen) atoms. The van der Waals surface area contributed by atoms with E-state index < -0.39 is 0 Å². The average molecular weight is 347 g/mol. The molecule has 1 aromatic carbocycles. The molecule has 1 aliphatic rings. The Hall–Kier alpha value is -1.76. The van der Waals surface area contributed by atoms with Crippen molar-refractivity contribution in [2.24, 2.45) is 0 Å². The highest BCUT2D eigenvalue weighted by molar-refractivity contribution is 7.09. The van der Waals surface area contributed by atoms with Crippen molar-refractivity contribution < 1.29 is 9.18 Å². The number of hydrogen-bond donors (Lipinski definition) is 1. The van der Waals surface area contributed by atoms with Gasteiger partial charge in [0.15, 0.2) is 0 Å². The number of carbonyl (C=O) groups is 1. The molecule has 0 saturated carbocycles. The van der Waals surface area contributed by atoms with Gasteiger partial charge in [-0.05, 0) is 29.1 Å². The van der Waals surface area contributed by atoms with Crippen molar-refractivity contribution in [3.8, 4) is 0 Å². The number of nitrogens with one attached hydrogen (secondary N) is 1. The highest BCUT2D eigenvalue weighted by atomic mass is 32.1. The van der Waals surface area contributed by atoms with E-state index in [0.717, 1.165) is 38.3 Å². The van der Waals surface area contributed by atoms with Crippen LogP contribution in [0.5, 0.6) is 0 Å². The van der Waals surface area contributed by atoms with Crippen LogP contribution in [-0.4, -0.2) is 48.4 Å². The maximum Gasteiger partial charge on any atom is 0.234 e. The first-order chi connectivity index (χ1) is 11.7. The minimum absolute atomic E-state index is 0.0791. The standard InChI is InChI=1S/C18H22FN3OS/c19-16-5-3-15(4-6-16)13-21-7-9-22(10-8-21)14-18(23)20-12-17-2-1-11-24-17/h1-6,11H,7-10,12-14H2,(H,20,23). The lowest BCUT2D eigenvalue weighted by Crippen LogP contribution is -2.49. The summed E-state index contributed by atoms with van der Waals surface area (Å²) in [6, 6.07) is 10.7. The van der Waals surface area contributed by atoms with E-state index in [9.17, 15) is 9.18 Å². The molecule has 0 spiro atoms. The molecule has 0 bridgehead atoms. The maximum atomic E-state index is 12.9. The van der Waals surface area contributed by atoms with Crippen LogP contribution in [0.4, 0.5) is 4.39 Å². The Morgan fingerprint density at radius 3 is 2.46 bits per heavy atom. The van der Waals surface area contributed by atoms with E-state index in [2.05, 4.69) is 15.1 Å². The number of hydrogen-bond acceptors (Lipinski definition) is 4. The average Bonchev–Trinajstić information content (AvgIpc) is 3.10. The molecule has 6 heteroatoms. The third-order valence-electron chi connectivity index (χ3n) is 4.19. The second-order valence-corrected chi connectivity index (χ2v) is 7.07. The Bertz CT molecular complexity index is 637. The molecular weight excluding hydrogens is 325 g/mol. The predicted molar refractivity (Wildman–Crippen MR) is 94.3 cm³/mol. The first kappa shape index (κ1) is 17.1. The minimum atomic E-state index is -0.197. The molecule has 2 heterocycles. The molecule has 3 rings (SSSR count). The molecule has 0 aliphatic carbocycles. The zero-order chi connectivity index (χ0) is 16.8. The van der Waals surface area contributed by atoms with Gasteiger partial charge in [-0.2, -0.15) is 0 Å². The summed E-state index contributed by atoms with van der Waals surface area (Å²) in [7, 11) is 0. The zero-order valence-corrected chi connectivity index (χ0v) is 14.4. The van der Waals surface area contributed by atoms with Gasteiger partial charge in [-0.25, -0.2) is 4.39 Å². The molecule has 4 nitrogen and oxygen atoms in total. The summed E-state index contributed by atoms with van der Waals surface area (Å²) in [5.74, 6) is -0.118. The third-order valence-corrected chi connectivity index (χ3v) is 5.07. The van der Waals surface area contributed by atoms with E-state index in [-0.39, 0.29) is 11.7 Å². The van der Waals surface area contributed by atoms with E-state index >= 15 is 0 Å². The summed E-state index contributed by atoms with van der Waals surface area (Å²) in [5, 5.41) is 4.99. The van der Waals surface area contributed by atoms with Crippen molar-refractivity contribution in [1.82, 2.24) is 15.1 Å². The molecule has 1 fully saturated rings. The number of benzene rings is 1. The SMILES string of the molecule is O=C(CN1CCN(Cc2ccc(F)cc2)CC1)NCc1cccs1. The van der Waals surface area contributed by atoms with E-state index in [0.29, 0.717) is 13.1 Å². The largest absolute Gasteiger partial charge is 0.350 e. The van der Waals surface area contributed by atoms with Crippen LogP contribution in [0.1, 0.15) is 10.4 Å². The van der Waals surface area contributed by atoms with Gasteiger partial charge in [0.25, 0.3) is 0 Å². The van der Waals surface area contributed by atoms with Gasteiger partial charge in [-0.1, -0.05) is 18.2 Å². The minimum Gasteiger partial charge on any atom is -0.350 e. The monoisotopic (exact) mass is 347 g/mol. The van der Waals surface area contributed by atoms with Crippen LogP contribution in [0.3, 0.4) is 0 Å². The highest BCUT2D eigenvalue weighted by Gasteiger charge is 2.18. The Labute approximate surface area is 145 Å². The van der Waals surface area contributed by atoms with Gasteiger partial charge in [0, 0.05) is 37.6 Å². The van der Waals surface area contributed by atoms with Gasteiger partial charge in [0.05, 0.1) is 13.1 Å². The molecule has 1 aromatic heterocycles. The third kappa shape index (κ3) is 5.12. The van der Waals surface area contributed by atoms with E-state index in [1.54, 1.807) is 11.3 Å². The number of carbonyl (C=O) groups excluding carboxylic acids is 1. The van der Waals surface area contributed by atoms with E-state index in [4.69, 9.17) is 0 Å². The molecule has 1 saturated heterocycles. The second kappa shape index (κ2) is 8.37. The summed E-state index contributed by atoms with van der Waals surface area (Å²) >= 11 is 1.65. The van der Waals surface area contributed by atoms with Crippen LogP contribution in [0.25, 0.3) is 0 Å². The van der Waals surface area contributed by atoms with Gasteiger partial charge in [0.2, 0.25) is 5.91 Å². The van der Waals surface area contributed by atoms with Crippen LogP contribution < -0.4 is 5.32 Å². The molecule has 1 aliphatic heterocycles. The molecule has 1 N–H and O–H groups in total. The maximum absolute atomic E-state index is 12.9. The molecular formula is C18H22FN3OS. The lowest BCUT2D eigenvalue weighted by atomic mass is 10.2. The molecule has 0 atom stereocenters. The van der Waals surface area contributed by atoms with Crippen molar-refractivity contribution in [1.29, 1.82) is 0 Å². The normalized spacial score (nSPS) is 16.2. The van der Waals surface area contributed by atoms with Crippen LogP contribution in [0, 0.1) is 5.82 Å². The fourth-order valence-electron chi connectivity index (χ4n) is 2.81. The van der Waals surface area contributed by atoms with E-state index in [1.807, 2.05) is 29.6 Å². The second-order valence-electron chi connectivity index (χ2n) is 6.03. The zero-order valence-electron chi connectivity index (χ0n) is 13.6. The fraction of sp³-hybridized carbons (Fsp3) is 0.389. The first-order valence-corrected chi connectivity index (χ1v) is 9.05. The summed E-state index contributed by atoms with van der Waals surface area (Å²) in [6.45, 7) is 5.52. The number of nitrogens with zero attached hydrogens (tertiary/aromatic N) is 2. The van der Waals surface area contributed by atoms with Crippen LogP contribution in [0.15, 0.2) is 41.8 Å². The van der Waals surface area contributed by atoms with Gasteiger partial charge in [-0.15, -0.1) is 11.3 Å².